The molecule has 2 heterocycles. The van der Waals surface area contributed by atoms with Crippen molar-refractivity contribution in [3.63, 3.8) is 0 Å². The highest BCUT2D eigenvalue weighted by Gasteiger charge is 2.31. The second-order valence-corrected chi connectivity index (χ2v) is 12.0. The average molecular weight is 682 g/mol. The number of aliphatic hydroxyl groups is 2. The Morgan fingerprint density at radius 3 is 2.00 bits per heavy atom. The van der Waals surface area contributed by atoms with Gasteiger partial charge in [-0.15, -0.1) is 0 Å². The van der Waals surface area contributed by atoms with Crippen molar-refractivity contribution in [3.05, 3.63) is 132 Å². The first kappa shape index (κ1) is 37.2. The molecule has 5 aromatic rings. The molecule has 0 saturated carbocycles. The second-order valence-electron chi connectivity index (χ2n) is 12.0. The number of aromatic carboxylic acids is 1. The number of benzene rings is 3. The van der Waals surface area contributed by atoms with Gasteiger partial charge in [0.2, 0.25) is 0 Å². The number of carbonyl (C=O) groups excluding carboxylic acids is 1. The van der Waals surface area contributed by atoms with Gasteiger partial charge in [-0.3, -0.25) is 14.6 Å². The van der Waals surface area contributed by atoms with E-state index < -0.39 is 30.6 Å². The Kier molecular flexibility index (Phi) is 13.1. The van der Waals surface area contributed by atoms with Gasteiger partial charge in [-0.2, -0.15) is 0 Å². The second kappa shape index (κ2) is 17.7. The summed E-state index contributed by atoms with van der Waals surface area (Å²) in [5.74, 6) is -2.88. The highest BCUT2D eigenvalue weighted by molar-refractivity contribution is 6.12. The maximum absolute atomic E-state index is 14.0. The van der Waals surface area contributed by atoms with E-state index in [1.165, 1.54) is 30.6 Å². The molecule has 11 heteroatoms. The first-order valence-corrected chi connectivity index (χ1v) is 16.1. The van der Waals surface area contributed by atoms with Crippen LogP contribution in [0.3, 0.4) is 0 Å². The number of nitrogens with one attached hydrogen (secondary N) is 1. The predicted octanol–water partition coefficient (Wildman–Crippen LogP) is 7.09. The van der Waals surface area contributed by atoms with Gasteiger partial charge in [-0.1, -0.05) is 62.4 Å². The van der Waals surface area contributed by atoms with Crippen LogP contribution in [-0.4, -0.2) is 60.0 Å². The van der Waals surface area contributed by atoms with E-state index in [1.807, 2.05) is 79.1 Å². The van der Waals surface area contributed by atoms with Crippen molar-refractivity contribution in [1.29, 1.82) is 0 Å². The summed E-state index contributed by atoms with van der Waals surface area (Å²) in [6.45, 7) is 4.25. The molecule has 0 spiro atoms. The first-order valence-electron chi connectivity index (χ1n) is 16.1. The lowest BCUT2D eigenvalue weighted by Crippen LogP contribution is -2.22. The topological polar surface area (TPSA) is 162 Å². The molecular formula is C39H40FN3O7. The number of halogens is 1. The maximum Gasteiger partial charge on any atom is 0.337 e. The number of carbonyl (C=O) groups is 3. The van der Waals surface area contributed by atoms with Gasteiger partial charge in [0.1, 0.15) is 5.82 Å². The zero-order valence-corrected chi connectivity index (χ0v) is 27.7. The third-order valence-electron chi connectivity index (χ3n) is 7.84. The molecule has 3 aromatic carbocycles. The summed E-state index contributed by atoms with van der Waals surface area (Å²) in [6, 6.07) is 27.9. The number of aliphatic carboxylic acids is 1. The van der Waals surface area contributed by atoms with Crippen LogP contribution >= 0.6 is 0 Å². The predicted molar refractivity (Wildman–Crippen MR) is 188 cm³/mol. The Balaban J connectivity index is 0.000000541. The molecule has 10 nitrogen and oxygen atoms in total. The number of anilines is 1. The molecule has 0 saturated heterocycles. The lowest BCUT2D eigenvalue weighted by molar-refractivity contribution is -0.139. The summed E-state index contributed by atoms with van der Waals surface area (Å²) < 4.78 is 16.0. The van der Waals surface area contributed by atoms with Crippen LogP contribution < -0.4 is 5.32 Å². The minimum absolute atomic E-state index is 0.0939. The maximum atomic E-state index is 14.0. The lowest BCUT2D eigenvalue weighted by Gasteiger charge is -2.20. The molecule has 5 N–H and O–H groups in total. The van der Waals surface area contributed by atoms with E-state index in [1.54, 1.807) is 18.2 Å². The molecule has 0 aliphatic carbocycles. The fourth-order valence-corrected chi connectivity index (χ4v) is 5.69. The third-order valence-corrected chi connectivity index (χ3v) is 7.84. The summed E-state index contributed by atoms with van der Waals surface area (Å²) >= 11 is 0. The van der Waals surface area contributed by atoms with Crippen molar-refractivity contribution in [2.24, 2.45) is 0 Å². The molecule has 2 atom stereocenters. The van der Waals surface area contributed by atoms with E-state index in [0.29, 0.717) is 28.1 Å². The molecule has 2 aromatic heterocycles. The van der Waals surface area contributed by atoms with Crippen LogP contribution in [0.2, 0.25) is 0 Å². The molecule has 50 heavy (non-hydrogen) atoms. The normalized spacial score (nSPS) is 12.0. The number of pyridine rings is 1. The SMILES string of the molecule is CC(C)c1c(C(=O)Nc2ccccc2)c(-c2ccccc2)c(-c2ccc(F)cc2)n1CC[C@@H](O)C[C@@H](O)CC(=O)O.O=C(O)c1cccnc1. The standard InChI is InChI=1S/C33H35FN2O5.C6H5NO2/c1-21(2)31-30(33(41)35-25-11-7-4-8-12-25)29(22-9-5-3-6-10-22)32(23-13-15-24(34)16-14-23)36(31)18-17-26(37)19-27(38)20-28(39)40;8-6(9)5-2-1-3-7-4-5/h3-16,21,26-27,37-38H,17-20H2,1-2H3,(H,35,41)(H,39,40);1-4H,(H,8,9)/t26-,27-;/m1./s1. The fourth-order valence-electron chi connectivity index (χ4n) is 5.69. The molecule has 5 rings (SSSR count). The van der Waals surface area contributed by atoms with Crippen LogP contribution in [0.25, 0.3) is 22.4 Å². The molecule has 0 bridgehead atoms. The van der Waals surface area contributed by atoms with Gasteiger partial charge >= 0.3 is 11.9 Å². The van der Waals surface area contributed by atoms with E-state index in [9.17, 15) is 29.0 Å². The van der Waals surface area contributed by atoms with Crippen LogP contribution in [0.5, 0.6) is 0 Å². The number of rotatable bonds is 13. The van der Waals surface area contributed by atoms with Gasteiger partial charge in [-0.05, 0) is 78.4 Å². The number of para-hydroxylation sites is 1. The summed E-state index contributed by atoms with van der Waals surface area (Å²) in [5, 5.41) is 41.1. The van der Waals surface area contributed by atoms with Gasteiger partial charge in [0, 0.05) is 35.9 Å². The zero-order valence-electron chi connectivity index (χ0n) is 27.7. The van der Waals surface area contributed by atoms with Crippen LogP contribution in [0.15, 0.2) is 109 Å². The van der Waals surface area contributed by atoms with Gasteiger partial charge in [0.25, 0.3) is 5.91 Å². The van der Waals surface area contributed by atoms with Crippen molar-refractivity contribution in [1.82, 2.24) is 9.55 Å². The average Bonchev–Trinajstić information content (AvgIpc) is 3.44. The summed E-state index contributed by atoms with van der Waals surface area (Å²) in [5.41, 5.74) is 4.99. The molecule has 1 amide bonds. The van der Waals surface area contributed by atoms with E-state index in [-0.39, 0.29) is 42.6 Å². The van der Waals surface area contributed by atoms with Crippen LogP contribution in [-0.2, 0) is 11.3 Å². The zero-order chi connectivity index (χ0) is 36.2. The van der Waals surface area contributed by atoms with Gasteiger partial charge in [0.15, 0.2) is 0 Å². The van der Waals surface area contributed by atoms with Crippen LogP contribution in [0, 0.1) is 5.82 Å². The number of nitrogens with zero attached hydrogens (tertiary/aromatic N) is 2. The highest BCUT2D eigenvalue weighted by atomic mass is 19.1. The molecule has 0 fully saturated rings. The molecular weight excluding hydrogens is 641 g/mol. The minimum Gasteiger partial charge on any atom is -0.481 e. The fraction of sp³-hybridized carbons (Fsp3) is 0.231. The monoisotopic (exact) mass is 681 g/mol. The van der Waals surface area contributed by atoms with Gasteiger partial charge < -0.3 is 30.3 Å². The number of hydrogen-bond acceptors (Lipinski definition) is 6. The number of carboxylic acid groups (broad SMARTS) is 2. The smallest absolute Gasteiger partial charge is 0.337 e. The summed E-state index contributed by atoms with van der Waals surface area (Å²) in [7, 11) is 0. The number of aromatic nitrogens is 2. The Hall–Kier alpha value is -5.65. The van der Waals surface area contributed by atoms with E-state index in [4.69, 9.17) is 10.2 Å². The number of amides is 1. The molecule has 0 unspecified atom stereocenters. The van der Waals surface area contributed by atoms with Crippen molar-refractivity contribution < 1.29 is 39.2 Å². The number of carboxylic acids is 2. The third kappa shape index (κ3) is 9.94. The molecule has 0 aliphatic rings. The van der Waals surface area contributed by atoms with Crippen LogP contribution in [0.4, 0.5) is 10.1 Å². The highest BCUT2D eigenvalue weighted by Crippen LogP contribution is 2.42. The van der Waals surface area contributed by atoms with E-state index >= 15 is 0 Å². The lowest BCUT2D eigenvalue weighted by atomic mass is 9.94. The van der Waals surface area contributed by atoms with Crippen molar-refractivity contribution in [3.8, 4) is 22.4 Å². The van der Waals surface area contributed by atoms with E-state index in [2.05, 4.69) is 10.3 Å². The van der Waals surface area contributed by atoms with Gasteiger partial charge in [-0.25, -0.2) is 9.18 Å². The number of hydrogen-bond donors (Lipinski definition) is 5. The van der Waals surface area contributed by atoms with Crippen molar-refractivity contribution in [2.75, 3.05) is 5.32 Å². The molecule has 0 radical (unpaired) electrons. The molecule has 260 valence electrons. The quantitative estimate of drug-likeness (QED) is 0.0880. The Morgan fingerprint density at radius 1 is 0.820 bits per heavy atom. The Bertz CT molecular complexity index is 1860. The number of aliphatic hydroxyl groups excluding tert-OH is 2. The Morgan fingerprint density at radius 2 is 1.46 bits per heavy atom. The first-order chi connectivity index (χ1) is 24.0. The Labute approximate surface area is 289 Å². The molecule has 0 aliphatic heterocycles. The summed E-state index contributed by atoms with van der Waals surface area (Å²) in [4.78, 5) is 38.8. The van der Waals surface area contributed by atoms with Crippen molar-refractivity contribution in [2.45, 2.75) is 57.8 Å². The van der Waals surface area contributed by atoms with E-state index in [0.717, 1.165) is 11.3 Å². The van der Waals surface area contributed by atoms with Crippen molar-refractivity contribution >= 4 is 23.5 Å². The van der Waals surface area contributed by atoms with Gasteiger partial charge in [0.05, 0.1) is 35.4 Å². The van der Waals surface area contributed by atoms with Crippen LogP contribution in [0.1, 0.15) is 65.4 Å². The summed E-state index contributed by atoms with van der Waals surface area (Å²) in [6.07, 6.45) is 0.335. The minimum atomic E-state index is -1.18. The largest absolute Gasteiger partial charge is 0.481 e.